The average molecular weight is 322 g/mol. The number of rotatable bonds is 5. The molecule has 2 atom stereocenters. The molecule has 1 aliphatic rings. The maximum atomic E-state index is 10.7. The Bertz CT molecular complexity index is 862. The van der Waals surface area contributed by atoms with E-state index in [4.69, 9.17) is 0 Å². The molecular formula is C16H14N6O2. The average Bonchev–Trinajstić information content (AvgIpc) is 3.28. The van der Waals surface area contributed by atoms with E-state index in [2.05, 4.69) is 33.0 Å². The maximum Gasteiger partial charge on any atom is 0.269 e. The minimum atomic E-state index is -0.412. The molecule has 2 unspecified atom stereocenters. The number of non-ortho nitro benzene ring substituents is 1. The van der Waals surface area contributed by atoms with Crippen molar-refractivity contribution in [3.8, 4) is 0 Å². The Morgan fingerprint density at radius 1 is 1.08 bits per heavy atom. The van der Waals surface area contributed by atoms with Gasteiger partial charge in [-0.3, -0.25) is 15.4 Å². The van der Waals surface area contributed by atoms with Crippen LogP contribution in [-0.4, -0.2) is 25.1 Å². The summed E-state index contributed by atoms with van der Waals surface area (Å²) >= 11 is 0. The van der Waals surface area contributed by atoms with Crippen molar-refractivity contribution < 1.29 is 4.92 Å². The zero-order valence-electron chi connectivity index (χ0n) is 12.6. The van der Waals surface area contributed by atoms with Crippen molar-refractivity contribution in [2.45, 2.75) is 18.6 Å². The molecule has 0 amide bonds. The number of aromatic nitrogens is 4. The molecule has 0 radical (unpaired) electrons. The predicted molar refractivity (Wildman–Crippen MR) is 85.1 cm³/mol. The van der Waals surface area contributed by atoms with Gasteiger partial charge in [0.05, 0.1) is 23.6 Å². The van der Waals surface area contributed by atoms with Crippen LogP contribution in [0.25, 0.3) is 0 Å². The van der Waals surface area contributed by atoms with Gasteiger partial charge in [0.25, 0.3) is 5.69 Å². The topological polar surface area (TPSA) is 109 Å². The number of hydrogen-bond acceptors (Lipinski definition) is 6. The van der Waals surface area contributed by atoms with Gasteiger partial charge in [-0.05, 0) is 21.6 Å². The van der Waals surface area contributed by atoms with E-state index >= 15 is 0 Å². The fourth-order valence-electron chi connectivity index (χ4n) is 2.75. The summed E-state index contributed by atoms with van der Waals surface area (Å²) in [6, 6.07) is 16.9. The monoisotopic (exact) mass is 322 g/mol. The molecule has 2 heterocycles. The van der Waals surface area contributed by atoms with E-state index in [-0.39, 0.29) is 17.8 Å². The van der Waals surface area contributed by atoms with Crippen LogP contribution < -0.4 is 5.32 Å². The number of nitro benzene ring substituents is 1. The zero-order valence-corrected chi connectivity index (χ0v) is 12.6. The number of hydrogen-bond donors (Lipinski definition) is 1. The Morgan fingerprint density at radius 3 is 2.54 bits per heavy atom. The molecule has 1 saturated heterocycles. The van der Waals surface area contributed by atoms with Gasteiger partial charge in [0, 0.05) is 12.1 Å². The molecule has 1 aliphatic heterocycles. The van der Waals surface area contributed by atoms with Crippen LogP contribution in [0.3, 0.4) is 0 Å². The number of nitrogens with zero attached hydrogens (tertiary/aromatic N) is 5. The van der Waals surface area contributed by atoms with Crippen LogP contribution in [0, 0.1) is 10.1 Å². The summed E-state index contributed by atoms with van der Waals surface area (Å²) in [4.78, 5) is 10.3. The van der Waals surface area contributed by atoms with Crippen molar-refractivity contribution in [1.29, 1.82) is 0 Å². The third kappa shape index (κ3) is 2.74. The smallest absolute Gasteiger partial charge is 0.269 e. The summed E-state index contributed by atoms with van der Waals surface area (Å²) in [5.74, 6) is 0.766. The molecule has 1 aromatic heterocycles. The molecule has 4 rings (SSSR count). The van der Waals surface area contributed by atoms with Gasteiger partial charge in [0.1, 0.15) is 0 Å². The van der Waals surface area contributed by atoms with Crippen LogP contribution in [0.5, 0.6) is 0 Å². The highest BCUT2D eigenvalue weighted by Gasteiger charge is 2.42. The Hall–Kier alpha value is -3.13. The van der Waals surface area contributed by atoms with Gasteiger partial charge in [-0.2, -0.15) is 0 Å². The highest BCUT2D eigenvalue weighted by atomic mass is 16.6. The van der Waals surface area contributed by atoms with E-state index in [0.29, 0.717) is 6.54 Å². The standard InChI is InChI=1S/C16H14N6O2/c23-22(24)13-8-6-11(7-9-13)10-21-16(18-19-20-21)15-14(17-15)12-4-2-1-3-5-12/h1-9,14-15,17H,10H2. The molecular weight excluding hydrogens is 308 g/mol. The first-order chi connectivity index (χ1) is 11.7. The first-order valence-electron chi connectivity index (χ1n) is 7.53. The minimum Gasteiger partial charge on any atom is -0.297 e. The molecule has 120 valence electrons. The van der Waals surface area contributed by atoms with Crippen LogP contribution in [0.15, 0.2) is 54.6 Å². The fraction of sp³-hybridized carbons (Fsp3) is 0.188. The van der Waals surface area contributed by atoms with Gasteiger partial charge < -0.3 is 0 Å². The van der Waals surface area contributed by atoms with Crippen molar-refractivity contribution in [2.75, 3.05) is 0 Å². The summed E-state index contributed by atoms with van der Waals surface area (Å²) in [5.41, 5.74) is 2.18. The first-order valence-corrected chi connectivity index (χ1v) is 7.53. The van der Waals surface area contributed by atoms with Crippen LogP contribution in [0.1, 0.15) is 29.0 Å². The molecule has 8 heteroatoms. The number of benzene rings is 2. The lowest BCUT2D eigenvalue weighted by atomic mass is 10.1. The first kappa shape index (κ1) is 14.5. The SMILES string of the molecule is O=[N+]([O-])c1ccc(Cn2nnnc2C2NC2c2ccccc2)cc1. The molecule has 0 bridgehead atoms. The molecule has 1 fully saturated rings. The molecule has 3 aromatic rings. The van der Waals surface area contributed by atoms with E-state index in [1.54, 1.807) is 16.8 Å². The van der Waals surface area contributed by atoms with E-state index in [1.807, 2.05) is 18.2 Å². The van der Waals surface area contributed by atoms with Gasteiger partial charge in [0.15, 0.2) is 5.82 Å². The maximum absolute atomic E-state index is 10.7. The summed E-state index contributed by atoms with van der Waals surface area (Å²) < 4.78 is 1.72. The summed E-state index contributed by atoms with van der Waals surface area (Å²) in [6.45, 7) is 0.472. The van der Waals surface area contributed by atoms with Gasteiger partial charge in [-0.1, -0.05) is 42.5 Å². The highest BCUT2D eigenvalue weighted by Crippen LogP contribution is 2.41. The second-order valence-corrected chi connectivity index (χ2v) is 5.65. The lowest BCUT2D eigenvalue weighted by Gasteiger charge is -2.04. The second-order valence-electron chi connectivity index (χ2n) is 5.65. The number of tetrazole rings is 1. The van der Waals surface area contributed by atoms with Gasteiger partial charge >= 0.3 is 0 Å². The van der Waals surface area contributed by atoms with E-state index in [1.165, 1.54) is 17.7 Å². The highest BCUT2D eigenvalue weighted by molar-refractivity contribution is 5.33. The largest absolute Gasteiger partial charge is 0.297 e. The van der Waals surface area contributed by atoms with Crippen LogP contribution in [0.4, 0.5) is 5.69 Å². The molecule has 0 aliphatic carbocycles. The normalized spacial score (nSPS) is 19.2. The van der Waals surface area contributed by atoms with E-state index in [9.17, 15) is 10.1 Å². The van der Waals surface area contributed by atoms with Crippen LogP contribution in [-0.2, 0) is 6.54 Å². The summed E-state index contributed by atoms with van der Waals surface area (Å²) in [5, 5.41) is 26.0. The van der Waals surface area contributed by atoms with Crippen molar-refractivity contribution >= 4 is 5.69 Å². The molecule has 1 N–H and O–H groups in total. The molecule has 24 heavy (non-hydrogen) atoms. The molecule has 2 aromatic carbocycles. The predicted octanol–water partition coefficient (Wildman–Crippen LogP) is 2.02. The lowest BCUT2D eigenvalue weighted by molar-refractivity contribution is -0.384. The number of nitrogens with one attached hydrogen (secondary N) is 1. The van der Waals surface area contributed by atoms with Crippen molar-refractivity contribution in [3.63, 3.8) is 0 Å². The Balaban J connectivity index is 1.51. The number of nitro groups is 1. The summed E-state index contributed by atoms with van der Waals surface area (Å²) in [6.07, 6.45) is 0. The van der Waals surface area contributed by atoms with Crippen molar-refractivity contribution in [2.24, 2.45) is 0 Å². The Kier molecular flexibility index (Phi) is 3.51. The fourth-order valence-corrected chi connectivity index (χ4v) is 2.75. The van der Waals surface area contributed by atoms with Crippen molar-refractivity contribution in [3.05, 3.63) is 81.7 Å². The molecule has 8 nitrogen and oxygen atoms in total. The van der Waals surface area contributed by atoms with Gasteiger partial charge in [-0.25, -0.2) is 4.68 Å². The second kappa shape index (κ2) is 5.82. The van der Waals surface area contributed by atoms with Gasteiger partial charge in [-0.15, -0.1) is 5.10 Å². The minimum absolute atomic E-state index is 0.0729. The van der Waals surface area contributed by atoms with Crippen molar-refractivity contribution in [1.82, 2.24) is 25.5 Å². The zero-order chi connectivity index (χ0) is 16.5. The Morgan fingerprint density at radius 2 is 1.83 bits per heavy atom. The molecule has 0 spiro atoms. The van der Waals surface area contributed by atoms with E-state index in [0.717, 1.165) is 11.4 Å². The lowest BCUT2D eigenvalue weighted by Crippen LogP contribution is -2.07. The third-order valence-electron chi connectivity index (χ3n) is 4.06. The van der Waals surface area contributed by atoms with E-state index < -0.39 is 4.92 Å². The molecule has 0 saturated carbocycles. The summed E-state index contributed by atoms with van der Waals surface area (Å²) in [7, 11) is 0. The van der Waals surface area contributed by atoms with Crippen LogP contribution >= 0.6 is 0 Å². The third-order valence-corrected chi connectivity index (χ3v) is 4.06. The van der Waals surface area contributed by atoms with Crippen LogP contribution in [0.2, 0.25) is 0 Å². The quantitative estimate of drug-likeness (QED) is 0.437. The van der Waals surface area contributed by atoms with Gasteiger partial charge in [0.2, 0.25) is 0 Å². The Labute approximate surface area is 137 Å².